The Morgan fingerprint density at radius 2 is 2.03 bits per heavy atom. The van der Waals surface area contributed by atoms with Crippen LogP contribution in [0, 0.1) is 5.92 Å². The fraction of sp³-hybridized carbons (Fsp3) is 0.478. The maximum Gasteiger partial charge on any atom is 0.229 e. The van der Waals surface area contributed by atoms with E-state index in [0.29, 0.717) is 17.6 Å². The second-order valence-electron chi connectivity index (χ2n) is 8.45. The fourth-order valence-electron chi connectivity index (χ4n) is 4.20. The third-order valence-electron chi connectivity index (χ3n) is 6.30. The van der Waals surface area contributed by atoms with Crippen molar-refractivity contribution in [1.82, 2.24) is 15.0 Å². The molecule has 0 saturated heterocycles. The van der Waals surface area contributed by atoms with Gasteiger partial charge in [-0.05, 0) is 49.8 Å². The van der Waals surface area contributed by atoms with Crippen molar-refractivity contribution in [2.24, 2.45) is 5.92 Å². The SMILES string of the molecule is COC1CC(C(=O)Nc2nc3ccc(-c4cnc(CO[C@H]5CCC[C@@H]5O)nc4)cc3s2)C1. The number of aliphatic hydroxyl groups excluding tert-OH is 1. The van der Waals surface area contributed by atoms with Gasteiger partial charge in [0, 0.05) is 31.0 Å². The van der Waals surface area contributed by atoms with Crippen LogP contribution in [-0.2, 0) is 20.9 Å². The molecule has 2 atom stereocenters. The van der Waals surface area contributed by atoms with Gasteiger partial charge in [-0.1, -0.05) is 17.4 Å². The van der Waals surface area contributed by atoms with Crippen molar-refractivity contribution in [2.75, 3.05) is 12.4 Å². The molecule has 8 nitrogen and oxygen atoms in total. The Hall–Kier alpha value is -2.46. The van der Waals surface area contributed by atoms with Crippen LogP contribution in [0.3, 0.4) is 0 Å². The Morgan fingerprint density at radius 3 is 2.75 bits per heavy atom. The lowest BCUT2D eigenvalue weighted by molar-refractivity contribution is -0.127. The van der Waals surface area contributed by atoms with Gasteiger partial charge >= 0.3 is 0 Å². The number of aliphatic hydroxyl groups is 1. The van der Waals surface area contributed by atoms with Crippen molar-refractivity contribution in [3.63, 3.8) is 0 Å². The summed E-state index contributed by atoms with van der Waals surface area (Å²) in [6, 6.07) is 5.96. The summed E-state index contributed by atoms with van der Waals surface area (Å²) in [6.45, 7) is 0.297. The molecule has 1 aromatic carbocycles. The number of fused-ring (bicyclic) bond motifs is 1. The maximum absolute atomic E-state index is 12.4. The van der Waals surface area contributed by atoms with Gasteiger partial charge in [-0.3, -0.25) is 4.79 Å². The van der Waals surface area contributed by atoms with Crippen LogP contribution in [0.2, 0.25) is 0 Å². The molecule has 9 heteroatoms. The van der Waals surface area contributed by atoms with Crippen LogP contribution in [0.4, 0.5) is 5.13 Å². The van der Waals surface area contributed by atoms with E-state index in [0.717, 1.165) is 53.4 Å². The first-order valence-corrected chi connectivity index (χ1v) is 11.8. The molecular formula is C23H26N4O4S. The number of carbonyl (C=O) groups excluding carboxylic acids is 1. The highest BCUT2D eigenvalue weighted by atomic mass is 32.1. The summed E-state index contributed by atoms with van der Waals surface area (Å²) in [4.78, 5) is 25.7. The van der Waals surface area contributed by atoms with Gasteiger partial charge in [0.1, 0.15) is 6.61 Å². The van der Waals surface area contributed by atoms with Crippen molar-refractivity contribution in [1.29, 1.82) is 0 Å². The molecule has 0 radical (unpaired) electrons. The predicted molar refractivity (Wildman–Crippen MR) is 121 cm³/mol. The quantitative estimate of drug-likeness (QED) is 0.562. The summed E-state index contributed by atoms with van der Waals surface area (Å²) in [5.41, 5.74) is 2.73. The lowest BCUT2D eigenvalue weighted by Crippen LogP contribution is -2.38. The van der Waals surface area contributed by atoms with Crippen LogP contribution in [0.1, 0.15) is 37.9 Å². The van der Waals surface area contributed by atoms with E-state index in [1.165, 1.54) is 11.3 Å². The number of hydrogen-bond acceptors (Lipinski definition) is 8. The number of methoxy groups -OCH3 is 1. The Kier molecular flexibility index (Phi) is 6.14. The molecule has 2 saturated carbocycles. The highest BCUT2D eigenvalue weighted by Gasteiger charge is 2.34. The third-order valence-corrected chi connectivity index (χ3v) is 7.23. The van der Waals surface area contributed by atoms with Gasteiger partial charge in [0.15, 0.2) is 11.0 Å². The second kappa shape index (κ2) is 9.19. The summed E-state index contributed by atoms with van der Waals surface area (Å²) in [5, 5.41) is 13.4. The van der Waals surface area contributed by atoms with Crippen LogP contribution < -0.4 is 5.32 Å². The number of nitrogens with one attached hydrogen (secondary N) is 1. The smallest absolute Gasteiger partial charge is 0.229 e. The van der Waals surface area contributed by atoms with Crippen molar-refractivity contribution < 1.29 is 19.4 Å². The van der Waals surface area contributed by atoms with E-state index < -0.39 is 0 Å². The first-order valence-electron chi connectivity index (χ1n) is 10.9. The molecule has 0 aliphatic heterocycles. The van der Waals surface area contributed by atoms with Gasteiger partial charge in [0.05, 0.1) is 28.5 Å². The molecular weight excluding hydrogens is 428 g/mol. The summed E-state index contributed by atoms with van der Waals surface area (Å²) >= 11 is 1.46. The molecule has 2 aromatic heterocycles. The highest BCUT2D eigenvalue weighted by molar-refractivity contribution is 7.22. The summed E-state index contributed by atoms with van der Waals surface area (Å²) in [7, 11) is 1.68. The zero-order valence-corrected chi connectivity index (χ0v) is 18.7. The van der Waals surface area contributed by atoms with Crippen molar-refractivity contribution in [3.8, 4) is 11.1 Å². The minimum Gasteiger partial charge on any atom is -0.390 e. The number of anilines is 1. The van der Waals surface area contributed by atoms with E-state index in [1.807, 2.05) is 18.2 Å². The number of hydrogen-bond donors (Lipinski definition) is 2. The van der Waals surface area contributed by atoms with E-state index in [1.54, 1.807) is 19.5 Å². The normalized spacial score (nSPS) is 25.1. The van der Waals surface area contributed by atoms with Crippen molar-refractivity contribution in [2.45, 2.75) is 57.0 Å². The maximum atomic E-state index is 12.4. The summed E-state index contributed by atoms with van der Waals surface area (Å²) in [5.74, 6) is 0.608. The summed E-state index contributed by atoms with van der Waals surface area (Å²) < 4.78 is 12.0. The van der Waals surface area contributed by atoms with E-state index in [2.05, 4.69) is 20.3 Å². The van der Waals surface area contributed by atoms with Gasteiger partial charge in [-0.15, -0.1) is 0 Å². The van der Waals surface area contributed by atoms with Crippen LogP contribution in [-0.4, -0.2) is 51.4 Å². The molecule has 32 heavy (non-hydrogen) atoms. The molecule has 0 bridgehead atoms. The lowest BCUT2D eigenvalue weighted by Gasteiger charge is -2.32. The Balaban J connectivity index is 1.23. The van der Waals surface area contributed by atoms with Gasteiger partial charge in [0.2, 0.25) is 5.91 Å². The largest absolute Gasteiger partial charge is 0.390 e. The number of aromatic nitrogens is 3. The fourth-order valence-corrected chi connectivity index (χ4v) is 5.11. The number of benzene rings is 1. The minimum absolute atomic E-state index is 0.000835. The number of rotatable bonds is 7. The number of nitrogens with zero attached hydrogens (tertiary/aromatic N) is 3. The van der Waals surface area contributed by atoms with E-state index in [4.69, 9.17) is 9.47 Å². The molecule has 0 unspecified atom stereocenters. The average molecular weight is 455 g/mol. The second-order valence-corrected chi connectivity index (χ2v) is 9.48. The van der Waals surface area contributed by atoms with Gasteiger partial charge in [-0.2, -0.15) is 0 Å². The Bertz CT molecular complexity index is 1100. The molecule has 3 aromatic rings. The Morgan fingerprint density at radius 1 is 1.22 bits per heavy atom. The van der Waals surface area contributed by atoms with Crippen LogP contribution in [0.15, 0.2) is 30.6 Å². The molecule has 2 aliphatic carbocycles. The zero-order chi connectivity index (χ0) is 22.1. The molecule has 0 spiro atoms. The van der Waals surface area contributed by atoms with E-state index in [-0.39, 0.29) is 30.1 Å². The van der Waals surface area contributed by atoms with Crippen molar-refractivity contribution in [3.05, 3.63) is 36.4 Å². The highest BCUT2D eigenvalue weighted by Crippen LogP contribution is 2.33. The van der Waals surface area contributed by atoms with Crippen LogP contribution in [0.5, 0.6) is 0 Å². The molecule has 2 aliphatic rings. The number of thiazole rings is 1. The summed E-state index contributed by atoms with van der Waals surface area (Å²) in [6.07, 6.45) is 7.45. The first kappa shape index (κ1) is 21.4. The number of amides is 1. The van der Waals surface area contributed by atoms with Gasteiger partial charge in [-0.25, -0.2) is 15.0 Å². The van der Waals surface area contributed by atoms with E-state index in [9.17, 15) is 9.90 Å². The number of carbonyl (C=O) groups is 1. The molecule has 2 fully saturated rings. The zero-order valence-electron chi connectivity index (χ0n) is 17.9. The van der Waals surface area contributed by atoms with Crippen molar-refractivity contribution >= 4 is 32.6 Å². The minimum atomic E-state index is -0.383. The Labute approximate surface area is 190 Å². The van der Waals surface area contributed by atoms with Gasteiger partial charge < -0.3 is 19.9 Å². The lowest BCUT2D eigenvalue weighted by atomic mass is 9.82. The molecule has 2 heterocycles. The monoisotopic (exact) mass is 454 g/mol. The van der Waals surface area contributed by atoms with E-state index >= 15 is 0 Å². The first-order chi connectivity index (χ1) is 15.6. The number of ether oxygens (including phenoxy) is 2. The third kappa shape index (κ3) is 4.52. The molecule has 5 rings (SSSR count). The molecule has 1 amide bonds. The van der Waals surface area contributed by atoms with Crippen LogP contribution >= 0.6 is 11.3 Å². The average Bonchev–Trinajstić information content (AvgIpc) is 3.36. The van der Waals surface area contributed by atoms with Crippen LogP contribution in [0.25, 0.3) is 21.3 Å². The van der Waals surface area contributed by atoms with Gasteiger partial charge in [0.25, 0.3) is 0 Å². The predicted octanol–water partition coefficient (Wildman–Crippen LogP) is 3.55. The molecule has 2 N–H and O–H groups in total. The topological polar surface area (TPSA) is 106 Å². The standard InChI is InChI=1S/C23H26N4O4S/c1-30-16-7-14(8-16)22(29)27-23-26-17-6-5-13(9-20(17)32-23)15-10-24-21(25-11-15)12-31-19-4-2-3-18(19)28/h5-6,9-11,14,16,18-19,28H,2-4,7-8,12H2,1H3,(H,26,27,29)/t14?,16?,18-,19-/m0/s1. The molecule has 168 valence electrons.